The van der Waals surface area contributed by atoms with E-state index in [1.54, 1.807) is 0 Å². The summed E-state index contributed by atoms with van der Waals surface area (Å²) in [5.74, 6) is -4.72. The molecule has 0 heterocycles. The molecular formula is C32H13F7N4. The minimum absolute atomic E-state index is 0.0270. The van der Waals surface area contributed by atoms with Gasteiger partial charge in [0.25, 0.3) is 0 Å². The van der Waals surface area contributed by atoms with Crippen LogP contribution in [-0.4, -0.2) is 6.18 Å². The zero-order valence-electron chi connectivity index (χ0n) is 21.8. The van der Waals surface area contributed by atoms with E-state index < -0.39 is 63.6 Å². The number of alkyl halides is 3. The molecule has 0 saturated heterocycles. The molecule has 0 radical (unpaired) electrons. The Labute approximate surface area is 239 Å². The third-order valence-corrected chi connectivity index (χ3v) is 7.39. The number of hydrogen-bond acceptors (Lipinski definition) is 2. The van der Waals surface area contributed by atoms with Crippen molar-refractivity contribution in [3.63, 3.8) is 0 Å². The van der Waals surface area contributed by atoms with Crippen LogP contribution in [0, 0.1) is 59.1 Å². The van der Waals surface area contributed by atoms with Crippen molar-refractivity contribution in [3.8, 4) is 34.4 Å². The van der Waals surface area contributed by atoms with E-state index in [-0.39, 0.29) is 56.2 Å². The second-order valence-electron chi connectivity index (χ2n) is 9.73. The van der Waals surface area contributed by atoms with Crippen molar-refractivity contribution in [1.82, 2.24) is 0 Å². The molecule has 0 fully saturated rings. The van der Waals surface area contributed by atoms with Crippen molar-refractivity contribution in [3.05, 3.63) is 127 Å². The third-order valence-electron chi connectivity index (χ3n) is 7.39. The van der Waals surface area contributed by atoms with Gasteiger partial charge in [-0.1, -0.05) is 0 Å². The van der Waals surface area contributed by atoms with E-state index in [0.717, 1.165) is 24.3 Å². The van der Waals surface area contributed by atoms with E-state index in [1.807, 2.05) is 0 Å². The summed E-state index contributed by atoms with van der Waals surface area (Å²) < 4.78 is 103. The Hall–Kier alpha value is -5.65. The molecule has 4 nitrogen and oxygen atoms in total. The highest BCUT2D eigenvalue weighted by Crippen LogP contribution is 2.44. The van der Waals surface area contributed by atoms with Gasteiger partial charge in [-0.25, -0.2) is 17.6 Å². The molecule has 0 aromatic heterocycles. The summed E-state index contributed by atoms with van der Waals surface area (Å²) in [4.78, 5) is 6.45. The van der Waals surface area contributed by atoms with Crippen molar-refractivity contribution in [2.75, 3.05) is 0 Å². The lowest BCUT2D eigenvalue weighted by molar-refractivity contribution is -0.0695. The van der Waals surface area contributed by atoms with Crippen LogP contribution in [0.5, 0.6) is 0 Å². The van der Waals surface area contributed by atoms with E-state index in [2.05, 4.69) is 9.69 Å². The topological polar surface area (TPSA) is 56.3 Å². The summed E-state index contributed by atoms with van der Waals surface area (Å²) in [7, 11) is 0. The van der Waals surface area contributed by atoms with E-state index >= 15 is 0 Å². The van der Waals surface area contributed by atoms with Crippen LogP contribution in [-0.2, 0) is 12.8 Å². The summed E-state index contributed by atoms with van der Waals surface area (Å²) in [5, 5.41) is 18.6. The molecule has 0 N–H and O–H groups in total. The van der Waals surface area contributed by atoms with Gasteiger partial charge >= 0.3 is 12.0 Å². The van der Waals surface area contributed by atoms with E-state index in [4.69, 9.17) is 13.1 Å². The van der Waals surface area contributed by atoms with Gasteiger partial charge in [-0.2, -0.15) is 33.4 Å². The Balaban J connectivity index is 2.19. The first-order valence-electron chi connectivity index (χ1n) is 12.3. The Kier molecular flexibility index (Phi) is 6.93. The lowest BCUT2D eigenvalue weighted by Crippen LogP contribution is -2.27. The second-order valence-corrected chi connectivity index (χ2v) is 9.73. The number of benzene rings is 3. The van der Waals surface area contributed by atoms with Gasteiger partial charge in [-0.15, -0.1) is 0 Å². The van der Waals surface area contributed by atoms with Crippen molar-refractivity contribution < 1.29 is 30.7 Å². The maximum atomic E-state index is 14.9. The van der Waals surface area contributed by atoms with E-state index in [0.29, 0.717) is 12.1 Å². The van der Waals surface area contributed by atoms with Gasteiger partial charge in [-0.05, 0) is 92.6 Å². The van der Waals surface area contributed by atoms with Crippen LogP contribution < -0.4 is 10.4 Å². The molecule has 0 atom stereocenters. The zero-order chi connectivity index (χ0) is 31.4. The van der Waals surface area contributed by atoms with E-state index in [9.17, 15) is 41.3 Å². The summed E-state index contributed by atoms with van der Waals surface area (Å²) in [6.45, 7) is 16.4. The number of nitriles is 2. The lowest BCUT2D eigenvalue weighted by atomic mass is 9.86. The number of fused-ring (bicyclic) bond motifs is 2. The van der Waals surface area contributed by atoms with Crippen molar-refractivity contribution in [2.45, 2.75) is 25.9 Å². The Morgan fingerprint density at radius 3 is 1.56 bits per heavy atom. The SMILES string of the molecule is [C-]#[N+]C([N+]#[C-])=C1Cc2c(-c3cc(F)cc(F)c3)c3c(c(-c4cc(F)cc(F)c4)c2=C1C)CC(=C(C#N)C#N)C=3C(F)(F)F. The Bertz CT molecular complexity index is 2090. The molecule has 2 aliphatic rings. The average Bonchev–Trinajstić information content (AvgIpc) is 3.46. The van der Waals surface area contributed by atoms with Crippen LogP contribution in [0.25, 0.3) is 43.1 Å². The first-order valence-corrected chi connectivity index (χ1v) is 12.3. The van der Waals surface area contributed by atoms with Crippen LogP contribution in [0.3, 0.4) is 0 Å². The highest BCUT2D eigenvalue weighted by atomic mass is 19.4. The predicted octanol–water partition coefficient (Wildman–Crippen LogP) is 6.97. The Morgan fingerprint density at radius 2 is 1.14 bits per heavy atom. The standard InChI is InChI=1S/C32H13F7N4/c1-14-22(31(42-2)43-3)10-24-26(14)27(15-4-18(33)8-19(34)5-15)25-11-23(17(12-40)13-41)30(32(37,38)39)29(25)28(24)16-6-20(35)9-21(36)7-16/h4-9H,10-11H2,1H3. The first-order chi connectivity index (χ1) is 20.3. The molecule has 0 unspecified atom stereocenters. The number of nitrogens with zero attached hydrogens (tertiary/aromatic N) is 4. The molecule has 210 valence electrons. The second kappa shape index (κ2) is 10.3. The van der Waals surface area contributed by atoms with Gasteiger partial charge in [0.1, 0.15) is 54.1 Å². The largest absolute Gasteiger partial charge is 0.523 e. The highest BCUT2D eigenvalue weighted by Gasteiger charge is 2.44. The number of halogens is 7. The molecule has 0 bridgehead atoms. The quantitative estimate of drug-likeness (QED) is 0.185. The molecule has 5 rings (SSSR count). The molecule has 0 amide bonds. The fourth-order valence-corrected chi connectivity index (χ4v) is 5.90. The maximum absolute atomic E-state index is 14.9. The van der Waals surface area contributed by atoms with Crippen molar-refractivity contribution in [1.29, 1.82) is 10.5 Å². The van der Waals surface area contributed by atoms with E-state index in [1.165, 1.54) is 19.1 Å². The summed E-state index contributed by atoms with van der Waals surface area (Å²) in [6.07, 6.45) is -6.20. The average molecular weight is 586 g/mol. The van der Waals surface area contributed by atoms with Crippen molar-refractivity contribution in [2.24, 2.45) is 0 Å². The molecule has 11 heteroatoms. The zero-order valence-corrected chi connectivity index (χ0v) is 21.8. The van der Waals surface area contributed by atoms with Crippen LogP contribution in [0.1, 0.15) is 18.1 Å². The highest BCUT2D eigenvalue weighted by molar-refractivity contribution is 5.93. The predicted molar refractivity (Wildman–Crippen MR) is 141 cm³/mol. The van der Waals surface area contributed by atoms with Gasteiger partial charge in [0.15, 0.2) is 0 Å². The number of allylic oxidation sites excluding steroid dienone is 3. The molecule has 2 aliphatic carbocycles. The molecular weight excluding hydrogens is 573 g/mol. The lowest BCUT2D eigenvalue weighted by Gasteiger charge is -2.18. The van der Waals surface area contributed by atoms with Gasteiger partial charge in [-0.3, -0.25) is 0 Å². The molecule has 0 aliphatic heterocycles. The van der Waals surface area contributed by atoms with Crippen LogP contribution in [0.15, 0.2) is 58.9 Å². The van der Waals surface area contributed by atoms with Gasteiger partial charge in [0.2, 0.25) is 0 Å². The minimum Gasteiger partial charge on any atom is -0.207 e. The number of hydrogen-bond donors (Lipinski definition) is 0. The third kappa shape index (κ3) is 4.62. The van der Waals surface area contributed by atoms with Gasteiger partial charge < -0.3 is 0 Å². The minimum atomic E-state index is -5.20. The van der Waals surface area contributed by atoms with Crippen LogP contribution >= 0.6 is 0 Å². The smallest absolute Gasteiger partial charge is 0.207 e. The first kappa shape index (κ1) is 28.9. The fraction of sp³-hybridized carbons (Fsp3) is 0.125. The van der Waals surface area contributed by atoms with Crippen LogP contribution in [0.4, 0.5) is 30.7 Å². The molecule has 0 saturated carbocycles. The van der Waals surface area contributed by atoms with Crippen molar-refractivity contribution >= 4 is 11.1 Å². The number of rotatable bonds is 2. The fourth-order valence-electron chi connectivity index (χ4n) is 5.90. The Morgan fingerprint density at radius 1 is 0.721 bits per heavy atom. The molecule has 43 heavy (non-hydrogen) atoms. The van der Waals surface area contributed by atoms with Gasteiger partial charge in [0, 0.05) is 18.6 Å². The van der Waals surface area contributed by atoms with Crippen LogP contribution in [0.2, 0.25) is 0 Å². The normalized spacial score (nSPS) is 13.6. The van der Waals surface area contributed by atoms with Gasteiger partial charge in [0.05, 0.1) is 11.1 Å². The maximum Gasteiger partial charge on any atom is 0.523 e. The monoisotopic (exact) mass is 586 g/mol. The summed E-state index contributed by atoms with van der Waals surface area (Å²) in [5.41, 5.74) is -3.67. The summed E-state index contributed by atoms with van der Waals surface area (Å²) in [6, 6.07) is 7.43. The molecule has 0 spiro atoms. The molecule has 3 aromatic rings. The molecule has 3 aromatic carbocycles. The summed E-state index contributed by atoms with van der Waals surface area (Å²) >= 11 is 0.